The van der Waals surface area contributed by atoms with Crippen molar-refractivity contribution in [3.05, 3.63) is 130 Å². The summed E-state index contributed by atoms with van der Waals surface area (Å²) in [7, 11) is 1.80. The number of nitrogens with zero attached hydrogens (tertiary/aromatic N) is 2. The number of H-pyrrole nitrogens is 1. The van der Waals surface area contributed by atoms with Gasteiger partial charge in [-0.05, 0) is 85.6 Å². The predicted molar refractivity (Wildman–Crippen MR) is 228 cm³/mol. The largest absolute Gasteiger partial charge is 0.506 e. The quantitative estimate of drug-likeness (QED) is 0.0690. The molecule has 58 heavy (non-hydrogen) atoms. The van der Waals surface area contributed by atoms with Crippen molar-refractivity contribution in [3.8, 4) is 16.9 Å². The number of pyridine rings is 1. The van der Waals surface area contributed by atoms with E-state index in [0.717, 1.165) is 72.2 Å². The third-order valence-electron chi connectivity index (χ3n) is 10.6. The zero-order valence-electron chi connectivity index (χ0n) is 33.2. The summed E-state index contributed by atoms with van der Waals surface area (Å²) in [6.45, 7) is 4.73. The van der Waals surface area contributed by atoms with Crippen LogP contribution in [-0.4, -0.2) is 96.8 Å². The number of hydrogen-bond acceptors (Lipinski definition) is 8. The Kier molecular flexibility index (Phi) is 15.1. The van der Waals surface area contributed by atoms with Crippen molar-refractivity contribution in [2.45, 2.75) is 51.0 Å². The average molecular weight is 787 g/mol. The third kappa shape index (κ3) is 12.3. The molecular weight excluding hydrogens is 733 g/mol. The van der Waals surface area contributed by atoms with Gasteiger partial charge in [-0.1, -0.05) is 78.9 Å². The molecule has 1 aliphatic rings. The number of benzene rings is 4. The zero-order valence-corrected chi connectivity index (χ0v) is 33.2. The van der Waals surface area contributed by atoms with Crippen molar-refractivity contribution < 1.29 is 24.2 Å². The molecule has 5 aromatic rings. The van der Waals surface area contributed by atoms with E-state index in [1.54, 1.807) is 24.1 Å². The Morgan fingerprint density at radius 2 is 1.62 bits per heavy atom. The van der Waals surface area contributed by atoms with Crippen LogP contribution in [0.25, 0.3) is 22.0 Å². The molecule has 1 saturated heterocycles. The second-order valence-corrected chi connectivity index (χ2v) is 14.9. The molecule has 12 nitrogen and oxygen atoms in total. The van der Waals surface area contributed by atoms with E-state index in [1.807, 2.05) is 72.8 Å². The van der Waals surface area contributed by atoms with E-state index < -0.39 is 6.09 Å². The number of amides is 3. The highest BCUT2D eigenvalue weighted by molar-refractivity contribution is 5.91. The van der Waals surface area contributed by atoms with Gasteiger partial charge < -0.3 is 35.3 Å². The summed E-state index contributed by atoms with van der Waals surface area (Å²) in [5.41, 5.74) is 6.02. The molecule has 0 radical (unpaired) electrons. The van der Waals surface area contributed by atoms with Crippen LogP contribution >= 0.6 is 0 Å². The van der Waals surface area contributed by atoms with Crippen LogP contribution in [0.3, 0.4) is 0 Å². The number of piperidine rings is 1. The second kappa shape index (κ2) is 21.0. The number of para-hydroxylation sites is 1. The van der Waals surface area contributed by atoms with E-state index in [1.165, 1.54) is 6.07 Å². The summed E-state index contributed by atoms with van der Waals surface area (Å²) < 4.78 is 5.76. The number of aromatic hydroxyl groups is 1. The van der Waals surface area contributed by atoms with Gasteiger partial charge in [0.15, 0.2) is 0 Å². The lowest BCUT2D eigenvalue weighted by atomic mass is 10.0. The van der Waals surface area contributed by atoms with Crippen LogP contribution in [0.4, 0.5) is 10.5 Å². The van der Waals surface area contributed by atoms with Gasteiger partial charge in [0.2, 0.25) is 17.4 Å². The van der Waals surface area contributed by atoms with Crippen LogP contribution in [0.2, 0.25) is 0 Å². The molecule has 1 aromatic heterocycles. The number of likely N-dealkylation sites (tertiary alicyclic amines) is 1. The van der Waals surface area contributed by atoms with Crippen LogP contribution < -0.4 is 21.5 Å². The Morgan fingerprint density at radius 3 is 2.45 bits per heavy atom. The molecule has 1 fully saturated rings. The summed E-state index contributed by atoms with van der Waals surface area (Å²) in [5, 5.41) is 20.3. The highest BCUT2D eigenvalue weighted by atomic mass is 16.6. The summed E-state index contributed by atoms with van der Waals surface area (Å²) in [5.74, 6) is 0.0834. The van der Waals surface area contributed by atoms with Gasteiger partial charge in [0.1, 0.15) is 11.9 Å². The summed E-state index contributed by atoms with van der Waals surface area (Å²) in [6.07, 6.45) is 3.73. The maximum Gasteiger partial charge on any atom is 0.411 e. The number of carbonyl (C=O) groups excluding carboxylic acids is 3. The average Bonchev–Trinajstić information content (AvgIpc) is 3.23. The number of aromatic amines is 1. The van der Waals surface area contributed by atoms with Gasteiger partial charge in [-0.25, -0.2) is 4.79 Å². The summed E-state index contributed by atoms with van der Waals surface area (Å²) >= 11 is 0. The Morgan fingerprint density at radius 1 is 0.862 bits per heavy atom. The number of ether oxygens (including phenoxy) is 1. The van der Waals surface area contributed by atoms with Gasteiger partial charge in [-0.3, -0.25) is 19.7 Å². The number of fused-ring (bicyclic) bond motifs is 1. The van der Waals surface area contributed by atoms with Crippen molar-refractivity contribution in [1.29, 1.82) is 0 Å². The van der Waals surface area contributed by atoms with Crippen molar-refractivity contribution in [2.75, 3.05) is 58.2 Å². The van der Waals surface area contributed by atoms with E-state index in [-0.39, 0.29) is 29.2 Å². The molecule has 0 saturated carbocycles. The molecule has 0 spiro atoms. The number of phenolic OH excluding ortho intramolecular Hbond substituents is 1. The number of hydrogen-bond donors (Lipinski definition) is 5. The molecule has 0 unspecified atom stereocenters. The maximum absolute atomic E-state index is 12.9. The fraction of sp³-hybridized carbons (Fsp3) is 0.348. The zero-order chi connectivity index (χ0) is 40.7. The molecule has 5 N–H and O–H groups in total. The molecule has 4 aromatic carbocycles. The minimum absolute atomic E-state index is 0.0476. The Hall–Kier alpha value is -5.98. The van der Waals surface area contributed by atoms with Gasteiger partial charge in [0.25, 0.3) is 0 Å². The SMILES string of the molecule is CN(CCCNC(=O)Cc1cccc(CCNCCc2ccc(O)c3[nH]c(=O)ccc23)c1)C(=O)CCN1CCC(OC(=O)Nc2ccccc2-c2ccccc2)CC1. The molecule has 0 aliphatic carbocycles. The van der Waals surface area contributed by atoms with Crippen LogP contribution in [0.1, 0.15) is 42.4 Å². The van der Waals surface area contributed by atoms with Gasteiger partial charge in [-0.15, -0.1) is 0 Å². The molecule has 0 bridgehead atoms. The fourth-order valence-electron chi connectivity index (χ4n) is 7.36. The molecule has 1 aliphatic heterocycles. The maximum atomic E-state index is 12.9. The summed E-state index contributed by atoms with van der Waals surface area (Å²) in [4.78, 5) is 56.7. The minimum Gasteiger partial charge on any atom is -0.506 e. The Balaban J connectivity index is 0.810. The Labute approximate surface area is 339 Å². The number of carbonyl (C=O) groups is 3. The number of aromatic nitrogens is 1. The monoisotopic (exact) mass is 786 g/mol. The van der Waals surface area contributed by atoms with Crippen LogP contribution in [0.5, 0.6) is 5.75 Å². The van der Waals surface area contributed by atoms with E-state index in [9.17, 15) is 24.3 Å². The molecule has 304 valence electrons. The molecule has 0 atom stereocenters. The first-order valence-electron chi connectivity index (χ1n) is 20.2. The highest BCUT2D eigenvalue weighted by Crippen LogP contribution is 2.28. The van der Waals surface area contributed by atoms with Gasteiger partial charge >= 0.3 is 6.09 Å². The lowest BCUT2D eigenvalue weighted by molar-refractivity contribution is -0.130. The summed E-state index contributed by atoms with van der Waals surface area (Å²) in [6, 6.07) is 32.4. The van der Waals surface area contributed by atoms with E-state index in [4.69, 9.17) is 4.74 Å². The first kappa shape index (κ1) is 41.6. The lowest BCUT2D eigenvalue weighted by Gasteiger charge is -2.31. The standard InChI is InChI=1S/C46H54N6O6/c1-51(44(56)23-30-52-28-21-37(22-29-52)58-46(57)49-40-14-6-5-13-38(40)35-11-3-2-4-12-35)27-8-24-48-43(55)32-34-10-7-9-33(31-34)19-25-47-26-20-36-15-17-41(53)45-39(36)16-18-42(54)50-45/h2-7,9-18,31,37,47,53H,8,19-30,32H2,1H3,(H,48,55)(H,49,57)(H,50,54). The van der Waals surface area contributed by atoms with Crippen molar-refractivity contribution >= 4 is 34.5 Å². The smallest absolute Gasteiger partial charge is 0.411 e. The van der Waals surface area contributed by atoms with E-state index in [2.05, 4.69) is 38.0 Å². The fourth-order valence-corrected chi connectivity index (χ4v) is 7.36. The molecular formula is C46H54N6O6. The minimum atomic E-state index is -0.458. The van der Waals surface area contributed by atoms with Gasteiger partial charge in [-0.2, -0.15) is 0 Å². The van der Waals surface area contributed by atoms with Crippen molar-refractivity contribution in [3.63, 3.8) is 0 Å². The second-order valence-electron chi connectivity index (χ2n) is 14.9. The number of phenols is 1. The first-order valence-corrected chi connectivity index (χ1v) is 20.2. The normalized spacial score (nSPS) is 13.3. The predicted octanol–water partition coefficient (Wildman–Crippen LogP) is 5.89. The van der Waals surface area contributed by atoms with Crippen molar-refractivity contribution in [2.24, 2.45) is 0 Å². The number of nitrogens with one attached hydrogen (secondary N) is 4. The van der Waals surface area contributed by atoms with Gasteiger partial charge in [0.05, 0.1) is 17.6 Å². The lowest BCUT2D eigenvalue weighted by Crippen LogP contribution is -2.40. The highest BCUT2D eigenvalue weighted by Gasteiger charge is 2.23. The van der Waals surface area contributed by atoms with E-state index in [0.29, 0.717) is 62.9 Å². The van der Waals surface area contributed by atoms with Crippen molar-refractivity contribution in [1.82, 2.24) is 25.4 Å². The Bertz CT molecular complexity index is 2200. The molecule has 2 heterocycles. The molecule has 6 rings (SSSR count). The topological polar surface area (TPSA) is 156 Å². The van der Waals surface area contributed by atoms with Crippen LogP contribution in [-0.2, 0) is 33.6 Å². The van der Waals surface area contributed by atoms with E-state index >= 15 is 0 Å². The van der Waals surface area contributed by atoms with Gasteiger partial charge in [0, 0.05) is 63.2 Å². The van der Waals surface area contributed by atoms with Crippen LogP contribution in [0, 0.1) is 0 Å². The van der Waals surface area contributed by atoms with Crippen LogP contribution in [0.15, 0.2) is 108 Å². The first-order chi connectivity index (χ1) is 28.2. The number of anilines is 1. The molecule has 12 heteroatoms. The number of rotatable bonds is 18. The molecule has 3 amide bonds. The third-order valence-corrected chi connectivity index (χ3v) is 10.6.